The van der Waals surface area contributed by atoms with Gasteiger partial charge in [-0.25, -0.2) is 9.78 Å². The number of nitrogens with zero attached hydrogens (tertiary/aromatic N) is 1. The van der Waals surface area contributed by atoms with Crippen LogP contribution in [0.1, 0.15) is 31.5 Å². The van der Waals surface area contributed by atoms with Gasteiger partial charge in [0, 0.05) is 38.3 Å². The van der Waals surface area contributed by atoms with E-state index in [-0.39, 0.29) is 12.5 Å². The van der Waals surface area contributed by atoms with Crippen LogP contribution in [0.25, 0.3) is 0 Å². The molecule has 1 heterocycles. The average Bonchev–Trinajstić information content (AvgIpc) is 2.86. The Morgan fingerprint density at radius 3 is 2.68 bits per heavy atom. The maximum absolute atomic E-state index is 11.4. The van der Waals surface area contributed by atoms with Crippen LogP contribution in [0, 0.1) is 0 Å². The number of aromatic amines is 1. The lowest BCUT2D eigenvalue weighted by Gasteiger charge is -2.06. The van der Waals surface area contributed by atoms with Crippen LogP contribution in [0.4, 0.5) is 4.79 Å². The normalized spacial score (nSPS) is 10.1. The van der Waals surface area contributed by atoms with Crippen molar-refractivity contribution in [3.63, 3.8) is 0 Å². The van der Waals surface area contributed by atoms with Crippen molar-refractivity contribution in [1.29, 1.82) is 0 Å². The predicted octanol–water partition coefficient (Wildman–Crippen LogP) is 0.896. The highest BCUT2D eigenvalue weighted by Crippen LogP contribution is 1.98. The molecule has 0 saturated heterocycles. The SMILES string of the molecule is O=C(O)CCCCCNC(=O)NCCc1ncc[nH]1. The van der Waals surface area contributed by atoms with Gasteiger partial charge in [0.1, 0.15) is 5.82 Å². The van der Waals surface area contributed by atoms with Gasteiger partial charge in [0.15, 0.2) is 0 Å². The van der Waals surface area contributed by atoms with E-state index < -0.39 is 5.97 Å². The molecule has 0 saturated carbocycles. The molecule has 7 heteroatoms. The number of imidazole rings is 1. The molecular weight excluding hydrogens is 248 g/mol. The molecule has 4 N–H and O–H groups in total. The highest BCUT2D eigenvalue weighted by atomic mass is 16.4. The third-order valence-electron chi connectivity index (χ3n) is 2.56. The number of nitrogens with one attached hydrogen (secondary N) is 3. The molecule has 1 aromatic rings. The monoisotopic (exact) mass is 268 g/mol. The Balaban J connectivity index is 1.92. The Kier molecular flexibility index (Phi) is 7.08. The van der Waals surface area contributed by atoms with Crippen LogP contribution in [-0.4, -0.2) is 40.2 Å². The number of unbranched alkanes of at least 4 members (excludes halogenated alkanes) is 2. The fourth-order valence-electron chi connectivity index (χ4n) is 1.57. The van der Waals surface area contributed by atoms with Crippen LogP contribution >= 0.6 is 0 Å². The molecule has 0 radical (unpaired) electrons. The first-order valence-electron chi connectivity index (χ1n) is 6.40. The van der Waals surface area contributed by atoms with E-state index in [0.717, 1.165) is 18.7 Å². The van der Waals surface area contributed by atoms with Crippen molar-refractivity contribution in [1.82, 2.24) is 20.6 Å². The topological polar surface area (TPSA) is 107 Å². The van der Waals surface area contributed by atoms with Crippen molar-refractivity contribution in [3.05, 3.63) is 18.2 Å². The number of hydrogen-bond acceptors (Lipinski definition) is 3. The summed E-state index contributed by atoms with van der Waals surface area (Å²) in [5.74, 6) is 0.0672. The number of carboxylic acid groups (broad SMARTS) is 1. The molecule has 7 nitrogen and oxygen atoms in total. The molecule has 1 aromatic heterocycles. The third kappa shape index (κ3) is 7.80. The Labute approximate surface area is 111 Å². The minimum Gasteiger partial charge on any atom is -0.481 e. The Bertz CT molecular complexity index is 378. The summed E-state index contributed by atoms with van der Waals surface area (Å²) in [4.78, 5) is 28.6. The fraction of sp³-hybridized carbons (Fsp3) is 0.583. The Morgan fingerprint density at radius 1 is 1.21 bits per heavy atom. The molecule has 0 fully saturated rings. The first-order chi connectivity index (χ1) is 9.18. The number of aromatic nitrogens is 2. The highest BCUT2D eigenvalue weighted by Gasteiger charge is 2.01. The maximum Gasteiger partial charge on any atom is 0.314 e. The molecule has 0 aliphatic rings. The number of carboxylic acids is 1. The predicted molar refractivity (Wildman–Crippen MR) is 69.8 cm³/mol. The maximum atomic E-state index is 11.4. The van der Waals surface area contributed by atoms with Gasteiger partial charge in [-0.1, -0.05) is 6.42 Å². The molecule has 0 aliphatic carbocycles. The minimum atomic E-state index is -0.774. The van der Waals surface area contributed by atoms with Gasteiger partial charge in [0.25, 0.3) is 0 Å². The first-order valence-corrected chi connectivity index (χ1v) is 6.40. The van der Waals surface area contributed by atoms with Gasteiger partial charge in [-0.05, 0) is 12.8 Å². The molecule has 19 heavy (non-hydrogen) atoms. The van der Waals surface area contributed by atoms with Crippen LogP contribution < -0.4 is 10.6 Å². The van der Waals surface area contributed by atoms with E-state index in [1.54, 1.807) is 12.4 Å². The van der Waals surface area contributed by atoms with Crippen molar-refractivity contribution in [3.8, 4) is 0 Å². The van der Waals surface area contributed by atoms with E-state index in [2.05, 4.69) is 20.6 Å². The molecule has 106 valence electrons. The van der Waals surface area contributed by atoms with E-state index in [1.807, 2.05) is 0 Å². The van der Waals surface area contributed by atoms with Crippen molar-refractivity contribution in [2.24, 2.45) is 0 Å². The quantitative estimate of drug-likeness (QED) is 0.499. The number of urea groups is 1. The van der Waals surface area contributed by atoms with Gasteiger partial charge in [-0.3, -0.25) is 4.79 Å². The smallest absolute Gasteiger partial charge is 0.314 e. The summed E-state index contributed by atoms with van der Waals surface area (Å²) >= 11 is 0. The number of rotatable bonds is 9. The molecule has 0 unspecified atom stereocenters. The van der Waals surface area contributed by atoms with Crippen LogP contribution in [-0.2, 0) is 11.2 Å². The zero-order valence-corrected chi connectivity index (χ0v) is 10.8. The van der Waals surface area contributed by atoms with Gasteiger partial charge in [-0.15, -0.1) is 0 Å². The fourth-order valence-corrected chi connectivity index (χ4v) is 1.57. The van der Waals surface area contributed by atoms with Crippen LogP contribution in [0.3, 0.4) is 0 Å². The van der Waals surface area contributed by atoms with Crippen molar-refractivity contribution in [2.75, 3.05) is 13.1 Å². The molecule has 0 aromatic carbocycles. The molecule has 0 bridgehead atoms. The minimum absolute atomic E-state index is 0.190. The molecule has 0 aliphatic heterocycles. The zero-order valence-electron chi connectivity index (χ0n) is 10.8. The first kappa shape index (κ1) is 15.0. The van der Waals surface area contributed by atoms with E-state index in [1.165, 1.54) is 0 Å². The van der Waals surface area contributed by atoms with Gasteiger partial charge >= 0.3 is 12.0 Å². The van der Waals surface area contributed by atoms with Gasteiger partial charge < -0.3 is 20.7 Å². The number of amides is 2. The number of aliphatic carboxylic acids is 1. The van der Waals surface area contributed by atoms with Crippen molar-refractivity contribution < 1.29 is 14.7 Å². The average molecular weight is 268 g/mol. The second-order valence-corrected chi connectivity index (χ2v) is 4.17. The van der Waals surface area contributed by atoms with Gasteiger partial charge in [0.05, 0.1) is 0 Å². The van der Waals surface area contributed by atoms with Gasteiger partial charge in [0.2, 0.25) is 0 Å². The largest absolute Gasteiger partial charge is 0.481 e. The van der Waals surface area contributed by atoms with Crippen molar-refractivity contribution in [2.45, 2.75) is 32.1 Å². The van der Waals surface area contributed by atoms with E-state index in [0.29, 0.717) is 25.9 Å². The second-order valence-electron chi connectivity index (χ2n) is 4.17. The summed E-state index contributed by atoms with van der Waals surface area (Å²) in [6, 6.07) is -0.204. The van der Waals surface area contributed by atoms with Crippen LogP contribution in [0.15, 0.2) is 12.4 Å². The van der Waals surface area contributed by atoms with E-state index >= 15 is 0 Å². The molecule has 1 rings (SSSR count). The molecule has 2 amide bonds. The summed E-state index contributed by atoms with van der Waals surface area (Å²) in [5, 5.41) is 13.9. The molecule has 0 spiro atoms. The lowest BCUT2D eigenvalue weighted by Crippen LogP contribution is -2.37. The zero-order chi connectivity index (χ0) is 13.9. The van der Waals surface area contributed by atoms with Gasteiger partial charge in [-0.2, -0.15) is 0 Å². The van der Waals surface area contributed by atoms with Crippen molar-refractivity contribution >= 4 is 12.0 Å². The third-order valence-corrected chi connectivity index (χ3v) is 2.56. The Hall–Kier alpha value is -2.05. The van der Waals surface area contributed by atoms with Crippen LogP contribution in [0.5, 0.6) is 0 Å². The van der Waals surface area contributed by atoms with Crippen LogP contribution in [0.2, 0.25) is 0 Å². The number of H-pyrrole nitrogens is 1. The number of carbonyl (C=O) groups is 2. The summed E-state index contributed by atoms with van der Waals surface area (Å²) in [6.45, 7) is 1.09. The summed E-state index contributed by atoms with van der Waals surface area (Å²) in [7, 11) is 0. The van der Waals surface area contributed by atoms with E-state index in [9.17, 15) is 9.59 Å². The second kappa shape index (κ2) is 8.96. The standard InChI is InChI=1S/C12H20N4O3/c17-11(18)4-2-1-3-6-15-12(19)16-7-5-10-13-8-9-14-10/h8-9H,1-7H2,(H,13,14)(H,17,18)(H2,15,16,19). The molecular formula is C12H20N4O3. The number of carbonyl (C=O) groups excluding carboxylic acids is 1. The number of hydrogen-bond donors (Lipinski definition) is 4. The lowest BCUT2D eigenvalue weighted by atomic mass is 10.2. The lowest BCUT2D eigenvalue weighted by molar-refractivity contribution is -0.137. The highest BCUT2D eigenvalue weighted by molar-refractivity contribution is 5.73. The summed E-state index contributed by atoms with van der Waals surface area (Å²) < 4.78 is 0. The Morgan fingerprint density at radius 2 is 2.00 bits per heavy atom. The van der Waals surface area contributed by atoms with E-state index in [4.69, 9.17) is 5.11 Å². The molecule has 0 atom stereocenters. The summed E-state index contributed by atoms with van der Waals surface area (Å²) in [6.07, 6.45) is 6.52. The summed E-state index contributed by atoms with van der Waals surface area (Å²) in [5.41, 5.74) is 0.